The lowest BCUT2D eigenvalue weighted by atomic mass is 9.93. The van der Waals surface area contributed by atoms with Gasteiger partial charge in [-0.05, 0) is 72.5 Å². The molecule has 2 rings (SSSR count). The first-order chi connectivity index (χ1) is 13.0. The standard InChI is InChI=1S/C23H31FN2OS/c1-14(2)20-9-8-10-21(15(3)4)22(20)25-16(5)26-28-19-12-17(23(6,7)27)11-18(24)13-19/h8-15,25-27H,5H2,1-4,6-7H3. The number of aliphatic hydroxyl groups is 1. The summed E-state index contributed by atoms with van der Waals surface area (Å²) in [7, 11) is 0. The van der Waals surface area contributed by atoms with Crippen molar-refractivity contribution in [3.63, 3.8) is 0 Å². The van der Waals surface area contributed by atoms with E-state index in [1.807, 2.05) is 0 Å². The van der Waals surface area contributed by atoms with Gasteiger partial charge in [-0.2, -0.15) is 0 Å². The molecule has 0 aliphatic heterocycles. The average molecular weight is 403 g/mol. The Kier molecular flexibility index (Phi) is 7.18. The van der Waals surface area contributed by atoms with Gasteiger partial charge in [-0.1, -0.05) is 52.5 Å². The Hall–Kier alpha value is -1.98. The van der Waals surface area contributed by atoms with Crippen molar-refractivity contribution < 1.29 is 9.50 Å². The number of hydrogen-bond donors (Lipinski definition) is 3. The van der Waals surface area contributed by atoms with Gasteiger partial charge < -0.3 is 15.1 Å². The van der Waals surface area contributed by atoms with Gasteiger partial charge in [-0.3, -0.25) is 0 Å². The number of hydrogen-bond acceptors (Lipinski definition) is 4. The molecule has 5 heteroatoms. The highest BCUT2D eigenvalue weighted by atomic mass is 32.2. The molecule has 0 spiro atoms. The number of rotatable bonds is 8. The van der Waals surface area contributed by atoms with E-state index in [2.05, 4.69) is 62.5 Å². The van der Waals surface area contributed by atoms with Gasteiger partial charge in [-0.25, -0.2) is 4.39 Å². The van der Waals surface area contributed by atoms with E-state index >= 15 is 0 Å². The lowest BCUT2D eigenvalue weighted by molar-refractivity contribution is 0.0780. The highest BCUT2D eigenvalue weighted by Crippen LogP contribution is 2.33. The first kappa shape index (κ1) is 22.3. The molecule has 0 bridgehead atoms. The molecule has 0 aliphatic rings. The van der Waals surface area contributed by atoms with Crippen molar-refractivity contribution in [1.29, 1.82) is 0 Å². The van der Waals surface area contributed by atoms with Crippen LogP contribution in [-0.4, -0.2) is 5.11 Å². The van der Waals surface area contributed by atoms with Crippen molar-refractivity contribution in [2.24, 2.45) is 0 Å². The second kappa shape index (κ2) is 9.01. The van der Waals surface area contributed by atoms with Crippen LogP contribution in [0.15, 0.2) is 53.7 Å². The minimum atomic E-state index is -1.10. The van der Waals surface area contributed by atoms with Gasteiger partial charge in [0.25, 0.3) is 0 Å². The van der Waals surface area contributed by atoms with Crippen LogP contribution in [0.3, 0.4) is 0 Å². The second-order valence-corrected chi connectivity index (χ2v) is 9.04. The quantitative estimate of drug-likeness (QED) is 0.442. The molecule has 152 valence electrons. The van der Waals surface area contributed by atoms with Crippen LogP contribution in [0.25, 0.3) is 0 Å². The number of para-hydroxylation sites is 1. The summed E-state index contributed by atoms with van der Waals surface area (Å²) < 4.78 is 17.1. The molecule has 0 aromatic heterocycles. The zero-order valence-corrected chi connectivity index (χ0v) is 18.4. The predicted molar refractivity (Wildman–Crippen MR) is 118 cm³/mol. The average Bonchev–Trinajstić information content (AvgIpc) is 2.58. The predicted octanol–water partition coefficient (Wildman–Crippen LogP) is 6.48. The summed E-state index contributed by atoms with van der Waals surface area (Å²) in [4.78, 5) is 0.668. The lowest BCUT2D eigenvalue weighted by Gasteiger charge is -2.22. The molecule has 0 amide bonds. The molecule has 0 saturated heterocycles. The van der Waals surface area contributed by atoms with E-state index in [1.54, 1.807) is 19.9 Å². The van der Waals surface area contributed by atoms with Crippen LogP contribution in [0.4, 0.5) is 10.1 Å². The van der Waals surface area contributed by atoms with Crippen molar-refractivity contribution in [1.82, 2.24) is 4.72 Å². The second-order valence-electron chi connectivity index (χ2n) is 8.16. The van der Waals surface area contributed by atoms with Gasteiger partial charge >= 0.3 is 0 Å². The Morgan fingerprint density at radius 2 is 1.64 bits per heavy atom. The Balaban J connectivity index is 2.17. The molecule has 2 aromatic carbocycles. The third kappa shape index (κ3) is 5.76. The molecule has 0 fully saturated rings. The summed E-state index contributed by atoms with van der Waals surface area (Å²) in [6.07, 6.45) is 0. The van der Waals surface area contributed by atoms with Gasteiger partial charge in [0.05, 0.1) is 5.60 Å². The van der Waals surface area contributed by atoms with Crippen LogP contribution in [0.1, 0.15) is 70.1 Å². The van der Waals surface area contributed by atoms with Crippen molar-refractivity contribution in [3.8, 4) is 0 Å². The third-order valence-corrected chi connectivity index (χ3v) is 5.34. The molecule has 3 N–H and O–H groups in total. The summed E-state index contributed by atoms with van der Waals surface area (Å²) in [5.41, 5.74) is 2.96. The SMILES string of the molecule is C=C(NSc1cc(F)cc(C(C)(C)O)c1)Nc1c(C(C)C)cccc1C(C)C. The number of benzene rings is 2. The van der Waals surface area contributed by atoms with E-state index in [0.717, 1.165) is 5.69 Å². The lowest BCUT2D eigenvalue weighted by Crippen LogP contribution is -2.17. The first-order valence-corrected chi connectivity index (χ1v) is 10.4. The molecule has 0 unspecified atom stereocenters. The number of halogens is 1. The molecule has 0 saturated carbocycles. The maximum Gasteiger partial charge on any atom is 0.124 e. The van der Waals surface area contributed by atoms with E-state index in [4.69, 9.17) is 0 Å². The Bertz CT molecular complexity index is 815. The molecule has 2 aromatic rings. The summed E-state index contributed by atoms with van der Waals surface area (Å²) in [6.45, 7) is 16.0. The summed E-state index contributed by atoms with van der Waals surface area (Å²) in [6, 6.07) is 10.9. The fourth-order valence-electron chi connectivity index (χ4n) is 2.97. The van der Waals surface area contributed by atoms with Crippen LogP contribution in [-0.2, 0) is 5.60 Å². The van der Waals surface area contributed by atoms with Gasteiger partial charge in [0.2, 0.25) is 0 Å². The van der Waals surface area contributed by atoms with E-state index in [9.17, 15) is 9.50 Å². The highest BCUT2D eigenvalue weighted by Gasteiger charge is 2.18. The van der Waals surface area contributed by atoms with E-state index in [0.29, 0.717) is 28.1 Å². The summed E-state index contributed by atoms with van der Waals surface area (Å²) in [5.74, 6) is 0.988. The Morgan fingerprint density at radius 1 is 1.07 bits per heavy atom. The van der Waals surface area contributed by atoms with Gasteiger partial charge in [0.15, 0.2) is 0 Å². The zero-order chi connectivity index (χ0) is 21.1. The van der Waals surface area contributed by atoms with E-state index < -0.39 is 5.60 Å². The van der Waals surface area contributed by atoms with Crippen molar-refractivity contribution in [2.75, 3.05) is 5.32 Å². The van der Waals surface area contributed by atoms with Crippen LogP contribution in [0, 0.1) is 5.82 Å². The Morgan fingerprint density at radius 3 is 2.14 bits per heavy atom. The van der Waals surface area contributed by atoms with Crippen molar-refractivity contribution >= 4 is 17.6 Å². The number of nitrogens with one attached hydrogen (secondary N) is 2. The molecular formula is C23H31FN2OS. The topological polar surface area (TPSA) is 44.3 Å². The van der Waals surface area contributed by atoms with Crippen LogP contribution < -0.4 is 10.0 Å². The minimum absolute atomic E-state index is 0.374. The molecule has 0 radical (unpaired) electrons. The van der Waals surface area contributed by atoms with Crippen LogP contribution in [0.5, 0.6) is 0 Å². The fourth-order valence-corrected chi connectivity index (χ4v) is 3.62. The van der Waals surface area contributed by atoms with Crippen molar-refractivity contribution in [2.45, 2.75) is 63.9 Å². The summed E-state index contributed by atoms with van der Waals surface area (Å²) in [5, 5.41) is 13.6. The molecule has 3 nitrogen and oxygen atoms in total. The van der Waals surface area contributed by atoms with Gasteiger partial charge in [0.1, 0.15) is 11.6 Å². The largest absolute Gasteiger partial charge is 0.386 e. The summed E-state index contributed by atoms with van der Waals surface area (Å²) >= 11 is 1.26. The first-order valence-electron chi connectivity index (χ1n) is 9.54. The smallest absolute Gasteiger partial charge is 0.124 e. The van der Waals surface area contributed by atoms with Gasteiger partial charge in [-0.15, -0.1) is 0 Å². The van der Waals surface area contributed by atoms with Crippen LogP contribution in [0.2, 0.25) is 0 Å². The molecule has 0 heterocycles. The zero-order valence-electron chi connectivity index (χ0n) is 17.6. The van der Waals surface area contributed by atoms with E-state index in [-0.39, 0.29) is 5.82 Å². The molecular weight excluding hydrogens is 371 g/mol. The molecule has 28 heavy (non-hydrogen) atoms. The number of anilines is 1. The molecule has 0 aliphatic carbocycles. The van der Waals surface area contributed by atoms with E-state index in [1.165, 1.54) is 35.2 Å². The maximum absolute atomic E-state index is 13.9. The monoisotopic (exact) mass is 402 g/mol. The minimum Gasteiger partial charge on any atom is -0.386 e. The molecule has 0 atom stereocenters. The highest BCUT2D eigenvalue weighted by molar-refractivity contribution is 7.97. The van der Waals surface area contributed by atoms with Crippen molar-refractivity contribution in [3.05, 3.63) is 71.3 Å². The fraction of sp³-hybridized carbons (Fsp3) is 0.391. The Labute approximate surface area is 172 Å². The normalized spacial score (nSPS) is 11.8. The van der Waals surface area contributed by atoms with Gasteiger partial charge in [0, 0.05) is 10.6 Å². The third-order valence-electron chi connectivity index (χ3n) is 4.52. The maximum atomic E-state index is 13.9. The van der Waals surface area contributed by atoms with Crippen LogP contribution >= 0.6 is 11.9 Å².